The van der Waals surface area contributed by atoms with Gasteiger partial charge in [0.15, 0.2) is 0 Å². The monoisotopic (exact) mass is 369 g/mol. The van der Waals surface area contributed by atoms with E-state index in [1.54, 1.807) is 0 Å². The number of nitrogens with zero attached hydrogens (tertiary/aromatic N) is 2. The Morgan fingerprint density at radius 2 is 1.43 bits per heavy atom. The molecule has 1 amide bonds. The SMILES string of the molecule is Cc1ccc(C(=O)Nc2ccc(-c3nnc(-c4ccccc4)o3)cc2)cc1C. The highest BCUT2D eigenvalue weighted by Gasteiger charge is 2.11. The van der Waals surface area contributed by atoms with Crippen molar-refractivity contribution in [3.05, 3.63) is 89.5 Å². The Hall–Kier alpha value is -3.73. The maximum atomic E-state index is 12.4. The van der Waals surface area contributed by atoms with Crippen molar-refractivity contribution in [2.75, 3.05) is 5.32 Å². The van der Waals surface area contributed by atoms with Crippen molar-refractivity contribution in [1.82, 2.24) is 10.2 Å². The second-order valence-electron chi connectivity index (χ2n) is 6.61. The summed E-state index contributed by atoms with van der Waals surface area (Å²) in [5, 5.41) is 11.1. The number of aryl methyl sites for hydroxylation is 2. The average Bonchev–Trinajstić information content (AvgIpc) is 3.21. The summed E-state index contributed by atoms with van der Waals surface area (Å²) in [6.07, 6.45) is 0. The van der Waals surface area contributed by atoms with Crippen molar-refractivity contribution in [2.45, 2.75) is 13.8 Å². The number of amides is 1. The first-order valence-electron chi connectivity index (χ1n) is 8.98. The lowest BCUT2D eigenvalue weighted by molar-refractivity contribution is 0.102. The third kappa shape index (κ3) is 3.69. The van der Waals surface area contributed by atoms with E-state index in [1.165, 1.54) is 0 Å². The van der Waals surface area contributed by atoms with E-state index in [0.717, 1.165) is 22.3 Å². The first-order valence-corrected chi connectivity index (χ1v) is 8.98. The molecule has 1 aromatic heterocycles. The van der Waals surface area contributed by atoms with Crippen LogP contribution in [0.1, 0.15) is 21.5 Å². The summed E-state index contributed by atoms with van der Waals surface area (Å²) < 4.78 is 5.76. The summed E-state index contributed by atoms with van der Waals surface area (Å²) in [7, 11) is 0. The van der Waals surface area contributed by atoms with Gasteiger partial charge in [0.05, 0.1) is 0 Å². The van der Waals surface area contributed by atoms with Crippen molar-refractivity contribution in [1.29, 1.82) is 0 Å². The number of carbonyl (C=O) groups excluding carboxylic acids is 1. The second-order valence-corrected chi connectivity index (χ2v) is 6.61. The smallest absolute Gasteiger partial charge is 0.255 e. The summed E-state index contributed by atoms with van der Waals surface area (Å²) in [4.78, 5) is 12.4. The van der Waals surface area contributed by atoms with Crippen LogP contribution in [0.3, 0.4) is 0 Å². The molecule has 0 unspecified atom stereocenters. The molecule has 0 saturated carbocycles. The summed E-state index contributed by atoms with van der Waals surface area (Å²) in [5.74, 6) is 0.772. The molecule has 138 valence electrons. The molecule has 0 saturated heterocycles. The van der Waals surface area contributed by atoms with E-state index < -0.39 is 0 Å². The van der Waals surface area contributed by atoms with Gasteiger partial charge in [-0.15, -0.1) is 10.2 Å². The molecule has 1 N–H and O–H groups in total. The number of hydrogen-bond donors (Lipinski definition) is 1. The minimum Gasteiger partial charge on any atom is -0.416 e. The predicted molar refractivity (Wildman–Crippen MR) is 109 cm³/mol. The van der Waals surface area contributed by atoms with Gasteiger partial charge in [0, 0.05) is 22.4 Å². The molecule has 0 aliphatic rings. The fourth-order valence-corrected chi connectivity index (χ4v) is 2.82. The van der Waals surface area contributed by atoms with Gasteiger partial charge < -0.3 is 9.73 Å². The molecule has 0 atom stereocenters. The number of benzene rings is 3. The van der Waals surface area contributed by atoms with Crippen LogP contribution in [0.4, 0.5) is 5.69 Å². The number of carbonyl (C=O) groups is 1. The van der Waals surface area contributed by atoms with Crippen LogP contribution in [-0.2, 0) is 0 Å². The summed E-state index contributed by atoms with van der Waals surface area (Å²) in [6, 6.07) is 22.6. The average molecular weight is 369 g/mol. The highest BCUT2D eigenvalue weighted by atomic mass is 16.4. The molecule has 5 nitrogen and oxygen atoms in total. The van der Waals surface area contributed by atoms with Crippen molar-refractivity contribution in [3.63, 3.8) is 0 Å². The van der Waals surface area contributed by atoms with Crippen LogP contribution in [0.15, 0.2) is 77.2 Å². The molecule has 0 aliphatic heterocycles. The van der Waals surface area contributed by atoms with Crippen LogP contribution in [0.2, 0.25) is 0 Å². The van der Waals surface area contributed by atoms with Crippen LogP contribution in [0, 0.1) is 13.8 Å². The Labute approximate surface area is 163 Å². The van der Waals surface area contributed by atoms with Gasteiger partial charge in [-0.1, -0.05) is 24.3 Å². The highest BCUT2D eigenvalue weighted by molar-refractivity contribution is 6.04. The van der Waals surface area contributed by atoms with E-state index in [9.17, 15) is 4.79 Å². The molecular formula is C23H19N3O2. The largest absolute Gasteiger partial charge is 0.416 e. The Morgan fingerprint density at radius 1 is 0.786 bits per heavy atom. The van der Waals surface area contributed by atoms with Crippen molar-refractivity contribution >= 4 is 11.6 Å². The molecule has 0 spiro atoms. The highest BCUT2D eigenvalue weighted by Crippen LogP contribution is 2.25. The third-order valence-corrected chi connectivity index (χ3v) is 4.60. The number of anilines is 1. The summed E-state index contributed by atoms with van der Waals surface area (Å²) in [6.45, 7) is 4.02. The molecule has 5 heteroatoms. The van der Waals surface area contributed by atoms with E-state index in [-0.39, 0.29) is 5.91 Å². The maximum Gasteiger partial charge on any atom is 0.255 e. The molecule has 3 aromatic carbocycles. The zero-order chi connectivity index (χ0) is 19.5. The molecule has 28 heavy (non-hydrogen) atoms. The van der Waals surface area contributed by atoms with Gasteiger partial charge in [-0.3, -0.25) is 4.79 Å². The predicted octanol–water partition coefficient (Wildman–Crippen LogP) is 5.27. The quantitative estimate of drug-likeness (QED) is 0.532. The van der Waals surface area contributed by atoms with Crippen molar-refractivity contribution in [3.8, 4) is 22.9 Å². The van der Waals surface area contributed by atoms with Gasteiger partial charge in [0.2, 0.25) is 11.8 Å². The molecular weight excluding hydrogens is 350 g/mol. The fourth-order valence-electron chi connectivity index (χ4n) is 2.82. The van der Waals surface area contributed by atoms with Crippen molar-refractivity contribution in [2.24, 2.45) is 0 Å². The molecule has 0 aliphatic carbocycles. The molecule has 4 aromatic rings. The lowest BCUT2D eigenvalue weighted by Crippen LogP contribution is -2.12. The molecule has 0 fully saturated rings. The zero-order valence-electron chi connectivity index (χ0n) is 15.6. The Morgan fingerprint density at radius 3 is 2.07 bits per heavy atom. The second kappa shape index (κ2) is 7.48. The Balaban J connectivity index is 1.49. The fraction of sp³-hybridized carbons (Fsp3) is 0.0870. The number of hydrogen-bond acceptors (Lipinski definition) is 4. The van der Waals surface area contributed by atoms with E-state index in [0.29, 0.717) is 23.0 Å². The lowest BCUT2D eigenvalue weighted by Gasteiger charge is -2.07. The van der Waals surface area contributed by atoms with E-state index in [2.05, 4.69) is 15.5 Å². The maximum absolute atomic E-state index is 12.4. The molecule has 0 radical (unpaired) electrons. The van der Waals surface area contributed by atoms with Crippen LogP contribution < -0.4 is 5.32 Å². The van der Waals surface area contributed by atoms with Crippen LogP contribution in [-0.4, -0.2) is 16.1 Å². The Kier molecular flexibility index (Phi) is 4.72. The minimum atomic E-state index is -0.139. The first-order chi connectivity index (χ1) is 13.6. The van der Waals surface area contributed by atoms with Crippen LogP contribution in [0.25, 0.3) is 22.9 Å². The van der Waals surface area contributed by atoms with Gasteiger partial charge in [-0.2, -0.15) is 0 Å². The number of nitrogens with one attached hydrogen (secondary N) is 1. The number of rotatable bonds is 4. The van der Waals surface area contributed by atoms with E-state index in [1.807, 2.05) is 86.6 Å². The van der Waals surface area contributed by atoms with Gasteiger partial charge in [-0.05, 0) is 73.5 Å². The molecule has 4 rings (SSSR count). The van der Waals surface area contributed by atoms with Crippen molar-refractivity contribution < 1.29 is 9.21 Å². The van der Waals surface area contributed by atoms with Gasteiger partial charge in [0.1, 0.15) is 0 Å². The summed E-state index contributed by atoms with van der Waals surface area (Å²) >= 11 is 0. The van der Waals surface area contributed by atoms with Gasteiger partial charge in [0.25, 0.3) is 5.91 Å². The van der Waals surface area contributed by atoms with Gasteiger partial charge >= 0.3 is 0 Å². The zero-order valence-corrected chi connectivity index (χ0v) is 15.6. The van der Waals surface area contributed by atoms with Gasteiger partial charge in [-0.25, -0.2) is 0 Å². The minimum absolute atomic E-state index is 0.139. The third-order valence-electron chi connectivity index (χ3n) is 4.60. The first kappa shape index (κ1) is 17.7. The van der Waals surface area contributed by atoms with Crippen LogP contribution >= 0.6 is 0 Å². The standard InChI is InChI=1S/C23H19N3O2/c1-15-8-9-19(14-16(15)2)21(27)24-20-12-10-18(11-13-20)23-26-25-22(28-23)17-6-4-3-5-7-17/h3-14H,1-2H3,(H,24,27). The normalized spacial score (nSPS) is 10.6. The lowest BCUT2D eigenvalue weighted by atomic mass is 10.1. The Bertz CT molecular complexity index is 1120. The molecule has 0 bridgehead atoms. The van der Waals surface area contributed by atoms with E-state index in [4.69, 9.17) is 4.42 Å². The topological polar surface area (TPSA) is 68.0 Å². The number of aromatic nitrogens is 2. The molecule has 1 heterocycles. The van der Waals surface area contributed by atoms with Crippen LogP contribution in [0.5, 0.6) is 0 Å². The van der Waals surface area contributed by atoms with E-state index >= 15 is 0 Å². The summed E-state index contributed by atoms with van der Waals surface area (Å²) in [5.41, 5.74) is 5.26.